The van der Waals surface area contributed by atoms with E-state index >= 15 is 0 Å². The Balaban J connectivity index is 1.48. The number of hydrogen-bond donors (Lipinski definition) is 2. The van der Waals surface area contributed by atoms with E-state index in [2.05, 4.69) is 52.3 Å². The van der Waals surface area contributed by atoms with Crippen molar-refractivity contribution in [2.75, 3.05) is 5.32 Å². The van der Waals surface area contributed by atoms with Crippen LogP contribution in [0.15, 0.2) is 43.0 Å². The maximum atomic E-state index is 10.3. The normalized spacial score (nSPS) is 18.1. The van der Waals surface area contributed by atoms with Gasteiger partial charge in [-0.25, -0.2) is 4.98 Å². The van der Waals surface area contributed by atoms with E-state index in [-0.39, 0.29) is 11.5 Å². The molecule has 2 N–H and O–H groups in total. The lowest BCUT2D eigenvalue weighted by atomic mass is 9.86. The van der Waals surface area contributed by atoms with Crippen molar-refractivity contribution in [3.05, 3.63) is 59.0 Å². The molecule has 0 radical (unpaired) electrons. The van der Waals surface area contributed by atoms with Gasteiger partial charge in [0.15, 0.2) is 0 Å². The smallest absolute Gasteiger partial charge is 0.143 e. The molecule has 1 unspecified atom stereocenters. The van der Waals surface area contributed by atoms with Crippen LogP contribution in [0.3, 0.4) is 0 Å². The summed E-state index contributed by atoms with van der Waals surface area (Å²) >= 11 is 1.61. The zero-order chi connectivity index (χ0) is 17.4. The van der Waals surface area contributed by atoms with Gasteiger partial charge in [-0.1, -0.05) is 19.9 Å². The first-order valence-electron chi connectivity index (χ1n) is 8.30. The van der Waals surface area contributed by atoms with Crippen LogP contribution in [0.4, 0.5) is 5.69 Å². The molecular formula is C19H20N4OS. The molecule has 6 heteroatoms. The van der Waals surface area contributed by atoms with Crippen molar-refractivity contribution >= 4 is 17.0 Å². The van der Waals surface area contributed by atoms with Gasteiger partial charge in [0, 0.05) is 29.2 Å². The van der Waals surface area contributed by atoms with E-state index in [4.69, 9.17) is 0 Å². The molecule has 0 fully saturated rings. The van der Waals surface area contributed by atoms with Crippen LogP contribution in [0, 0.1) is 0 Å². The van der Waals surface area contributed by atoms with Gasteiger partial charge in [-0.15, -0.1) is 11.3 Å². The number of rotatable bonds is 4. The highest BCUT2D eigenvalue weighted by Crippen LogP contribution is 2.45. The maximum absolute atomic E-state index is 10.3. The van der Waals surface area contributed by atoms with Crippen LogP contribution in [0.5, 0.6) is 0 Å². The molecule has 1 aliphatic rings. The molecule has 4 rings (SSSR count). The molecule has 0 amide bonds. The van der Waals surface area contributed by atoms with Crippen molar-refractivity contribution in [1.29, 1.82) is 0 Å². The van der Waals surface area contributed by atoms with Gasteiger partial charge in [0.05, 0.1) is 18.8 Å². The van der Waals surface area contributed by atoms with Crippen LogP contribution in [0.1, 0.15) is 42.4 Å². The molecule has 0 bridgehead atoms. The predicted molar refractivity (Wildman–Crippen MR) is 99.5 cm³/mol. The third-order valence-electron chi connectivity index (χ3n) is 4.65. The second kappa shape index (κ2) is 6.20. The molecule has 5 nitrogen and oxygen atoms in total. The first-order chi connectivity index (χ1) is 12.0. The van der Waals surface area contributed by atoms with Crippen LogP contribution in [-0.4, -0.2) is 20.1 Å². The van der Waals surface area contributed by atoms with Gasteiger partial charge in [-0.3, -0.25) is 9.97 Å². The lowest BCUT2D eigenvalue weighted by Crippen LogP contribution is -2.12. The fourth-order valence-electron chi connectivity index (χ4n) is 3.37. The summed E-state index contributed by atoms with van der Waals surface area (Å²) in [7, 11) is 0. The Morgan fingerprint density at radius 2 is 2.12 bits per heavy atom. The molecule has 3 aromatic rings. The minimum absolute atomic E-state index is 0.0383. The highest BCUT2D eigenvalue weighted by atomic mass is 32.1. The number of benzene rings is 1. The Bertz CT molecular complexity index is 891. The Kier molecular flexibility index (Phi) is 4.01. The van der Waals surface area contributed by atoms with Gasteiger partial charge in [0.2, 0.25) is 0 Å². The van der Waals surface area contributed by atoms with Gasteiger partial charge < -0.3 is 10.4 Å². The number of aliphatic hydroxyl groups is 1. The molecule has 1 aliphatic carbocycles. The number of aromatic nitrogens is 3. The van der Waals surface area contributed by atoms with Crippen LogP contribution in [-0.2, 0) is 12.0 Å². The average molecular weight is 352 g/mol. The van der Waals surface area contributed by atoms with Crippen LogP contribution >= 0.6 is 11.3 Å². The molecule has 1 atom stereocenters. The largest absolute Gasteiger partial charge is 0.388 e. The van der Waals surface area contributed by atoms with Crippen molar-refractivity contribution in [2.24, 2.45) is 0 Å². The van der Waals surface area contributed by atoms with E-state index in [9.17, 15) is 5.11 Å². The van der Waals surface area contributed by atoms with Gasteiger partial charge in [-0.2, -0.15) is 0 Å². The summed E-state index contributed by atoms with van der Waals surface area (Å²) in [5.74, 6) is 0. The zero-order valence-electron chi connectivity index (χ0n) is 14.2. The highest BCUT2D eigenvalue weighted by Gasteiger charge is 2.35. The topological polar surface area (TPSA) is 70.9 Å². The molecular weight excluding hydrogens is 332 g/mol. The SMILES string of the molecule is CC1(C)CC(O)c2cc(NCc3cnc(-c4cnccn4)s3)ccc21. The van der Waals surface area contributed by atoms with E-state index in [0.717, 1.165) is 33.3 Å². The Morgan fingerprint density at radius 3 is 2.92 bits per heavy atom. The molecule has 1 aromatic carbocycles. The molecule has 0 saturated carbocycles. The standard InChI is InChI=1S/C19H20N4OS/c1-19(2)8-17(24)14-7-12(3-4-15(14)19)22-9-13-10-23-18(25-13)16-11-20-5-6-21-16/h3-7,10-11,17,22,24H,8-9H2,1-2H3. The quantitative estimate of drug-likeness (QED) is 0.744. The number of thiazole rings is 1. The zero-order valence-corrected chi connectivity index (χ0v) is 15.0. The molecule has 25 heavy (non-hydrogen) atoms. The molecule has 0 aliphatic heterocycles. The molecule has 0 spiro atoms. The van der Waals surface area contributed by atoms with Crippen LogP contribution < -0.4 is 5.32 Å². The summed E-state index contributed by atoms with van der Waals surface area (Å²) in [5.41, 5.74) is 4.13. The molecule has 0 saturated heterocycles. The van der Waals surface area contributed by atoms with E-state index < -0.39 is 0 Å². The van der Waals surface area contributed by atoms with Gasteiger partial charge >= 0.3 is 0 Å². The lowest BCUT2D eigenvalue weighted by Gasteiger charge is -2.18. The fraction of sp³-hybridized carbons (Fsp3) is 0.316. The maximum Gasteiger partial charge on any atom is 0.143 e. The summed E-state index contributed by atoms with van der Waals surface area (Å²) < 4.78 is 0. The Morgan fingerprint density at radius 1 is 1.24 bits per heavy atom. The van der Waals surface area contributed by atoms with Gasteiger partial charge in [0.1, 0.15) is 10.7 Å². The molecule has 2 aromatic heterocycles. The van der Waals surface area contributed by atoms with E-state index in [0.29, 0.717) is 6.54 Å². The molecule has 2 heterocycles. The summed E-state index contributed by atoms with van der Waals surface area (Å²) in [4.78, 5) is 13.9. The summed E-state index contributed by atoms with van der Waals surface area (Å²) in [6.07, 6.45) is 7.32. The minimum atomic E-state index is -0.376. The summed E-state index contributed by atoms with van der Waals surface area (Å²) in [5, 5.41) is 14.6. The predicted octanol–water partition coefficient (Wildman–Crippen LogP) is 3.93. The van der Waals surface area contributed by atoms with Gasteiger partial charge in [-0.05, 0) is 35.1 Å². The van der Waals surface area contributed by atoms with Gasteiger partial charge in [0.25, 0.3) is 0 Å². The highest BCUT2D eigenvalue weighted by molar-refractivity contribution is 7.15. The number of anilines is 1. The fourth-order valence-corrected chi connectivity index (χ4v) is 4.19. The lowest BCUT2D eigenvalue weighted by molar-refractivity contribution is 0.161. The average Bonchev–Trinajstić information content (AvgIpc) is 3.17. The Hall–Kier alpha value is -2.31. The first-order valence-corrected chi connectivity index (χ1v) is 9.12. The molecule has 128 valence electrons. The monoisotopic (exact) mass is 352 g/mol. The second-order valence-corrected chi connectivity index (χ2v) is 8.10. The number of nitrogens with one attached hydrogen (secondary N) is 1. The van der Waals surface area contributed by atoms with Crippen molar-refractivity contribution in [3.8, 4) is 10.7 Å². The van der Waals surface area contributed by atoms with Crippen molar-refractivity contribution in [1.82, 2.24) is 15.0 Å². The van der Waals surface area contributed by atoms with Crippen LogP contribution in [0.25, 0.3) is 10.7 Å². The first kappa shape index (κ1) is 16.2. The third-order valence-corrected chi connectivity index (χ3v) is 5.67. The number of fused-ring (bicyclic) bond motifs is 1. The Labute approximate surface area is 150 Å². The van der Waals surface area contributed by atoms with Crippen LogP contribution in [0.2, 0.25) is 0 Å². The summed E-state index contributed by atoms with van der Waals surface area (Å²) in [6.45, 7) is 5.05. The summed E-state index contributed by atoms with van der Waals surface area (Å²) in [6, 6.07) is 6.29. The number of hydrogen-bond acceptors (Lipinski definition) is 6. The number of nitrogens with zero attached hydrogens (tertiary/aromatic N) is 3. The van der Waals surface area contributed by atoms with E-state index in [1.807, 2.05) is 6.20 Å². The van der Waals surface area contributed by atoms with E-state index in [1.54, 1.807) is 29.9 Å². The van der Waals surface area contributed by atoms with Crippen molar-refractivity contribution in [3.63, 3.8) is 0 Å². The number of aliphatic hydroxyl groups excluding tert-OH is 1. The third kappa shape index (κ3) is 3.15. The van der Waals surface area contributed by atoms with Crippen molar-refractivity contribution < 1.29 is 5.11 Å². The van der Waals surface area contributed by atoms with Crippen molar-refractivity contribution in [2.45, 2.75) is 38.3 Å². The van der Waals surface area contributed by atoms with E-state index in [1.165, 1.54) is 5.56 Å². The minimum Gasteiger partial charge on any atom is -0.388 e. The second-order valence-electron chi connectivity index (χ2n) is 6.98.